The van der Waals surface area contributed by atoms with Crippen molar-refractivity contribution in [3.8, 4) is 0 Å². The van der Waals surface area contributed by atoms with Crippen LogP contribution < -0.4 is 5.73 Å². The van der Waals surface area contributed by atoms with Crippen LogP contribution in [0.5, 0.6) is 0 Å². The van der Waals surface area contributed by atoms with Gasteiger partial charge >= 0.3 is 0 Å². The first-order valence-electron chi connectivity index (χ1n) is 2.65. The van der Waals surface area contributed by atoms with E-state index in [2.05, 4.69) is 9.97 Å². The van der Waals surface area contributed by atoms with Crippen molar-refractivity contribution in [1.82, 2.24) is 9.97 Å². The summed E-state index contributed by atoms with van der Waals surface area (Å²) >= 11 is 0. The van der Waals surface area contributed by atoms with Crippen LogP contribution in [-0.2, 0) is 0 Å². The fraction of sp³-hybridized carbons (Fsp3) is 0.400. The molecule has 0 aliphatic rings. The molecule has 0 radical (unpaired) electrons. The fourth-order valence-electron chi connectivity index (χ4n) is 0.590. The van der Waals surface area contributed by atoms with Gasteiger partial charge < -0.3 is 15.8 Å². The molecule has 1 rings (SSSR count). The number of nitrogens with zero attached hydrogens (tertiary/aromatic N) is 1. The lowest BCUT2D eigenvalue weighted by molar-refractivity contribution is 0.182. The van der Waals surface area contributed by atoms with E-state index in [0.29, 0.717) is 5.69 Å². The van der Waals surface area contributed by atoms with Crippen molar-refractivity contribution >= 4 is 0 Å². The number of aliphatic hydroxyl groups excluding tert-OH is 1. The summed E-state index contributed by atoms with van der Waals surface area (Å²) in [6.45, 7) is 1.80. The molecule has 0 fully saturated rings. The minimum atomic E-state index is -0.939. The van der Waals surface area contributed by atoms with Gasteiger partial charge in [0.25, 0.3) is 0 Å². The second-order valence-electron chi connectivity index (χ2n) is 1.87. The maximum absolute atomic E-state index is 8.74. The number of nitrogens with two attached hydrogens (primary N) is 1. The number of H-pyrrole nitrogens is 1. The number of nitrogens with one attached hydrogen (secondary N) is 1. The molecule has 1 heterocycles. The molecule has 1 aromatic heterocycles. The number of imidazole rings is 1. The monoisotopic (exact) mass is 127 g/mol. The van der Waals surface area contributed by atoms with Crippen molar-refractivity contribution in [1.29, 1.82) is 0 Å². The zero-order chi connectivity index (χ0) is 6.85. The van der Waals surface area contributed by atoms with Crippen LogP contribution in [0.25, 0.3) is 0 Å². The zero-order valence-electron chi connectivity index (χ0n) is 5.13. The van der Waals surface area contributed by atoms with Gasteiger partial charge in [0.1, 0.15) is 12.1 Å². The van der Waals surface area contributed by atoms with Crippen molar-refractivity contribution in [2.75, 3.05) is 0 Å². The van der Waals surface area contributed by atoms with Gasteiger partial charge in [0, 0.05) is 0 Å². The molecule has 0 aliphatic carbocycles. The molecule has 1 aromatic rings. The highest BCUT2D eigenvalue weighted by Crippen LogP contribution is 2.01. The first-order chi connectivity index (χ1) is 4.20. The van der Waals surface area contributed by atoms with Crippen LogP contribution in [0.4, 0.5) is 0 Å². The summed E-state index contributed by atoms with van der Waals surface area (Å²) in [4.78, 5) is 6.63. The predicted octanol–water partition coefficient (Wildman–Crippen LogP) is -0.332. The van der Waals surface area contributed by atoms with Crippen LogP contribution >= 0.6 is 0 Å². The SMILES string of the molecule is Cc1ncc(C(N)O)[nH]1. The molecule has 0 saturated carbocycles. The summed E-state index contributed by atoms with van der Waals surface area (Å²) in [6, 6.07) is 0. The van der Waals surface area contributed by atoms with E-state index in [9.17, 15) is 0 Å². The average molecular weight is 127 g/mol. The second kappa shape index (κ2) is 2.16. The lowest BCUT2D eigenvalue weighted by atomic mass is 10.4. The third kappa shape index (κ3) is 1.28. The molecule has 4 nitrogen and oxygen atoms in total. The molecular formula is C5H9N3O. The number of aliphatic hydroxyl groups is 1. The van der Waals surface area contributed by atoms with Gasteiger partial charge in [0.2, 0.25) is 0 Å². The number of aryl methyl sites for hydroxylation is 1. The van der Waals surface area contributed by atoms with E-state index >= 15 is 0 Å². The van der Waals surface area contributed by atoms with Crippen molar-refractivity contribution < 1.29 is 5.11 Å². The van der Waals surface area contributed by atoms with Crippen LogP contribution in [0.15, 0.2) is 6.20 Å². The Morgan fingerprint density at radius 2 is 2.56 bits per heavy atom. The quantitative estimate of drug-likeness (QED) is 0.452. The highest BCUT2D eigenvalue weighted by Gasteiger charge is 2.01. The van der Waals surface area contributed by atoms with E-state index < -0.39 is 6.23 Å². The number of rotatable bonds is 1. The fourth-order valence-corrected chi connectivity index (χ4v) is 0.590. The van der Waals surface area contributed by atoms with Crippen molar-refractivity contribution in [2.24, 2.45) is 5.73 Å². The molecule has 0 amide bonds. The maximum atomic E-state index is 8.74. The Labute approximate surface area is 52.7 Å². The van der Waals surface area contributed by atoms with E-state index in [1.807, 2.05) is 0 Å². The van der Waals surface area contributed by atoms with Gasteiger partial charge in [-0.05, 0) is 6.92 Å². The van der Waals surface area contributed by atoms with Crippen molar-refractivity contribution in [3.63, 3.8) is 0 Å². The second-order valence-corrected chi connectivity index (χ2v) is 1.87. The van der Waals surface area contributed by atoms with Gasteiger partial charge in [-0.1, -0.05) is 0 Å². The minimum absolute atomic E-state index is 0.549. The first-order valence-corrected chi connectivity index (χ1v) is 2.65. The molecule has 50 valence electrons. The molecule has 0 aromatic carbocycles. The number of hydrogen-bond acceptors (Lipinski definition) is 3. The van der Waals surface area contributed by atoms with E-state index in [1.165, 1.54) is 6.20 Å². The molecule has 0 aliphatic heterocycles. The Bertz CT molecular complexity index is 194. The smallest absolute Gasteiger partial charge is 0.145 e. The van der Waals surface area contributed by atoms with Gasteiger partial charge in [-0.15, -0.1) is 0 Å². The summed E-state index contributed by atoms with van der Waals surface area (Å²) < 4.78 is 0. The topological polar surface area (TPSA) is 74.9 Å². The Balaban J connectivity index is 2.85. The molecule has 0 bridgehead atoms. The molecule has 0 spiro atoms. The molecule has 0 saturated heterocycles. The molecule has 4 N–H and O–H groups in total. The lowest BCUT2D eigenvalue weighted by Crippen LogP contribution is -2.08. The van der Waals surface area contributed by atoms with Gasteiger partial charge in [0.15, 0.2) is 0 Å². The summed E-state index contributed by atoms with van der Waals surface area (Å²) in [5.74, 6) is 0.759. The van der Waals surface area contributed by atoms with Crippen molar-refractivity contribution in [2.45, 2.75) is 13.2 Å². The average Bonchev–Trinajstić information content (AvgIpc) is 2.14. The van der Waals surface area contributed by atoms with Crippen molar-refractivity contribution in [3.05, 3.63) is 17.7 Å². The highest BCUT2D eigenvalue weighted by atomic mass is 16.3. The maximum Gasteiger partial charge on any atom is 0.145 e. The van der Waals surface area contributed by atoms with E-state index in [-0.39, 0.29) is 0 Å². The van der Waals surface area contributed by atoms with Crippen LogP contribution in [-0.4, -0.2) is 15.1 Å². The first kappa shape index (κ1) is 6.25. The largest absolute Gasteiger partial charge is 0.373 e. The number of hydrogen-bond donors (Lipinski definition) is 3. The minimum Gasteiger partial charge on any atom is -0.373 e. The molecular weight excluding hydrogens is 118 g/mol. The van der Waals surface area contributed by atoms with Crippen LogP contribution in [0, 0.1) is 6.92 Å². The van der Waals surface area contributed by atoms with E-state index in [1.54, 1.807) is 6.92 Å². The van der Waals surface area contributed by atoms with Gasteiger partial charge in [-0.3, -0.25) is 0 Å². The highest BCUT2D eigenvalue weighted by molar-refractivity contribution is 5.01. The third-order valence-corrected chi connectivity index (χ3v) is 1.04. The number of aromatic amines is 1. The normalized spacial score (nSPS) is 13.7. The summed E-state index contributed by atoms with van der Waals surface area (Å²) in [5.41, 5.74) is 5.66. The lowest BCUT2D eigenvalue weighted by Gasteiger charge is -1.96. The summed E-state index contributed by atoms with van der Waals surface area (Å²) in [5, 5.41) is 8.74. The van der Waals surface area contributed by atoms with Gasteiger partial charge in [0.05, 0.1) is 11.9 Å². The van der Waals surface area contributed by atoms with E-state index in [0.717, 1.165) is 5.82 Å². The summed E-state index contributed by atoms with van der Waals surface area (Å²) in [7, 11) is 0. The molecule has 1 atom stereocenters. The third-order valence-electron chi connectivity index (χ3n) is 1.04. The Hall–Kier alpha value is -0.870. The Morgan fingerprint density at radius 1 is 1.89 bits per heavy atom. The van der Waals surface area contributed by atoms with Crippen LogP contribution in [0.1, 0.15) is 17.7 Å². The van der Waals surface area contributed by atoms with Gasteiger partial charge in [-0.2, -0.15) is 0 Å². The Kier molecular flexibility index (Phi) is 1.50. The summed E-state index contributed by atoms with van der Waals surface area (Å²) in [6.07, 6.45) is 0.575. The molecule has 1 unspecified atom stereocenters. The standard InChI is InChI=1S/C5H9N3O/c1-3-7-2-4(8-3)5(6)9/h2,5,9H,6H2,1H3,(H,7,8). The number of aromatic nitrogens is 2. The van der Waals surface area contributed by atoms with E-state index in [4.69, 9.17) is 10.8 Å². The predicted molar refractivity (Wildman–Crippen MR) is 32.5 cm³/mol. The van der Waals surface area contributed by atoms with Crippen LogP contribution in [0.3, 0.4) is 0 Å². The van der Waals surface area contributed by atoms with Gasteiger partial charge in [-0.25, -0.2) is 4.98 Å². The van der Waals surface area contributed by atoms with Crippen LogP contribution in [0.2, 0.25) is 0 Å². The zero-order valence-corrected chi connectivity index (χ0v) is 5.13. The molecule has 4 heteroatoms. The Morgan fingerprint density at radius 3 is 2.78 bits per heavy atom. The molecule has 9 heavy (non-hydrogen) atoms.